The second-order valence-corrected chi connectivity index (χ2v) is 5.98. The van der Waals surface area contributed by atoms with Crippen LogP contribution in [0, 0.1) is 12.7 Å². The van der Waals surface area contributed by atoms with Gasteiger partial charge in [-0.2, -0.15) is 0 Å². The minimum absolute atomic E-state index is 0.0440. The molecule has 0 atom stereocenters. The number of piperazine rings is 1. The molecule has 3 rings (SSSR count). The van der Waals surface area contributed by atoms with Crippen LogP contribution < -0.4 is 0 Å². The molecule has 1 saturated heterocycles. The first-order valence-corrected chi connectivity index (χ1v) is 7.80. The highest BCUT2D eigenvalue weighted by Gasteiger charge is 2.26. The summed E-state index contributed by atoms with van der Waals surface area (Å²) in [5.74, 6) is -0.124. The van der Waals surface area contributed by atoms with E-state index < -0.39 is 5.82 Å². The highest BCUT2D eigenvalue weighted by molar-refractivity contribution is 6.33. The van der Waals surface area contributed by atoms with E-state index in [1.807, 2.05) is 6.92 Å². The number of hydrogen-bond donors (Lipinski definition) is 0. The lowest BCUT2D eigenvalue weighted by molar-refractivity contribution is 0.0623. The Balaban J connectivity index is 1.63. The van der Waals surface area contributed by atoms with Crippen LogP contribution >= 0.6 is 11.6 Å². The van der Waals surface area contributed by atoms with Crippen LogP contribution in [0.25, 0.3) is 0 Å². The Bertz CT molecular complexity index is 691. The van der Waals surface area contributed by atoms with E-state index in [-0.39, 0.29) is 16.5 Å². The summed E-state index contributed by atoms with van der Waals surface area (Å²) >= 11 is 5.97. The van der Waals surface area contributed by atoms with E-state index in [9.17, 15) is 9.18 Å². The molecule has 0 bridgehead atoms. The molecular weight excluding hydrogens is 321 g/mol. The molecule has 23 heavy (non-hydrogen) atoms. The summed E-state index contributed by atoms with van der Waals surface area (Å²) in [5.41, 5.74) is 0.999. The van der Waals surface area contributed by atoms with Crippen LogP contribution in [0.1, 0.15) is 21.7 Å². The van der Waals surface area contributed by atoms with Crippen molar-refractivity contribution in [2.24, 2.45) is 0 Å². The zero-order valence-electron chi connectivity index (χ0n) is 12.8. The number of carbonyl (C=O) groups excluding carboxylic acids is 1. The molecule has 1 amide bonds. The number of amides is 1. The summed E-state index contributed by atoms with van der Waals surface area (Å²) in [4.78, 5) is 16.3. The van der Waals surface area contributed by atoms with Gasteiger partial charge < -0.3 is 9.42 Å². The predicted molar refractivity (Wildman–Crippen MR) is 83.8 cm³/mol. The number of nitrogens with zero attached hydrogens (tertiary/aromatic N) is 3. The molecule has 2 heterocycles. The fraction of sp³-hybridized carbons (Fsp3) is 0.375. The van der Waals surface area contributed by atoms with Crippen LogP contribution in [-0.4, -0.2) is 47.0 Å². The van der Waals surface area contributed by atoms with Gasteiger partial charge in [0.2, 0.25) is 0 Å². The van der Waals surface area contributed by atoms with Crippen LogP contribution in [0.15, 0.2) is 28.9 Å². The van der Waals surface area contributed by atoms with Crippen molar-refractivity contribution in [3.05, 3.63) is 52.1 Å². The molecule has 2 aromatic rings. The monoisotopic (exact) mass is 337 g/mol. The van der Waals surface area contributed by atoms with Crippen molar-refractivity contribution in [3.63, 3.8) is 0 Å². The standard InChI is InChI=1S/C16H17ClFN3O2/c1-11-12(9-19-23-11)10-20-5-7-21(8-6-20)16(22)15-13(17)3-2-4-14(15)18/h2-4,9H,5-8,10H2,1H3. The second kappa shape index (κ2) is 6.68. The smallest absolute Gasteiger partial charge is 0.258 e. The van der Waals surface area contributed by atoms with E-state index in [1.54, 1.807) is 11.1 Å². The van der Waals surface area contributed by atoms with Crippen LogP contribution in [0.3, 0.4) is 0 Å². The Morgan fingerprint density at radius 2 is 2.09 bits per heavy atom. The second-order valence-electron chi connectivity index (χ2n) is 5.57. The number of benzene rings is 1. The molecule has 1 aliphatic heterocycles. The Kier molecular flexibility index (Phi) is 4.63. The first kappa shape index (κ1) is 16.0. The lowest BCUT2D eigenvalue weighted by Gasteiger charge is -2.34. The molecule has 1 aliphatic rings. The molecule has 1 aromatic heterocycles. The zero-order chi connectivity index (χ0) is 16.4. The minimum atomic E-state index is -0.579. The molecule has 0 unspecified atom stereocenters. The fourth-order valence-electron chi connectivity index (χ4n) is 2.68. The summed E-state index contributed by atoms with van der Waals surface area (Å²) in [6.45, 7) is 5.10. The maximum Gasteiger partial charge on any atom is 0.258 e. The molecule has 0 N–H and O–H groups in total. The molecule has 0 aliphatic carbocycles. The van der Waals surface area contributed by atoms with E-state index in [0.717, 1.165) is 17.9 Å². The molecule has 1 aromatic carbocycles. The first-order chi connectivity index (χ1) is 11.1. The maximum atomic E-state index is 13.9. The van der Waals surface area contributed by atoms with Crippen LogP contribution in [0.5, 0.6) is 0 Å². The summed E-state index contributed by atoms with van der Waals surface area (Å²) in [5, 5.41) is 3.92. The Hall–Kier alpha value is -1.92. The summed E-state index contributed by atoms with van der Waals surface area (Å²) in [7, 11) is 0. The molecule has 122 valence electrons. The van der Waals surface area contributed by atoms with Crippen molar-refractivity contribution in [2.45, 2.75) is 13.5 Å². The Morgan fingerprint density at radius 1 is 1.35 bits per heavy atom. The van der Waals surface area contributed by atoms with Crippen molar-refractivity contribution in [2.75, 3.05) is 26.2 Å². The highest BCUT2D eigenvalue weighted by atomic mass is 35.5. The summed E-state index contributed by atoms with van der Waals surface area (Å²) in [6.07, 6.45) is 1.71. The van der Waals surface area contributed by atoms with E-state index >= 15 is 0 Å². The first-order valence-electron chi connectivity index (χ1n) is 7.42. The average molecular weight is 338 g/mol. The van der Waals surface area contributed by atoms with Gasteiger partial charge in [-0.15, -0.1) is 0 Å². The van der Waals surface area contributed by atoms with Gasteiger partial charge in [-0.3, -0.25) is 9.69 Å². The van der Waals surface area contributed by atoms with Crippen molar-refractivity contribution >= 4 is 17.5 Å². The molecule has 5 nitrogen and oxygen atoms in total. The van der Waals surface area contributed by atoms with Gasteiger partial charge >= 0.3 is 0 Å². The third-order valence-electron chi connectivity index (χ3n) is 4.08. The maximum absolute atomic E-state index is 13.9. The third-order valence-corrected chi connectivity index (χ3v) is 4.40. The minimum Gasteiger partial charge on any atom is -0.361 e. The van der Waals surface area contributed by atoms with Gasteiger partial charge in [0.1, 0.15) is 11.6 Å². The average Bonchev–Trinajstić information content (AvgIpc) is 2.93. The number of halogens is 2. The van der Waals surface area contributed by atoms with Crippen molar-refractivity contribution in [1.82, 2.24) is 15.0 Å². The van der Waals surface area contributed by atoms with Gasteiger partial charge in [0.15, 0.2) is 0 Å². The normalized spacial score (nSPS) is 15.9. The third kappa shape index (κ3) is 3.38. The molecule has 1 fully saturated rings. The molecule has 0 spiro atoms. The van der Waals surface area contributed by atoms with Gasteiger partial charge in [0.05, 0.1) is 16.8 Å². The lowest BCUT2D eigenvalue weighted by Crippen LogP contribution is -2.48. The van der Waals surface area contributed by atoms with Gasteiger partial charge in [0, 0.05) is 38.3 Å². The van der Waals surface area contributed by atoms with Crippen molar-refractivity contribution < 1.29 is 13.7 Å². The van der Waals surface area contributed by atoms with Crippen LogP contribution in [-0.2, 0) is 6.54 Å². The predicted octanol–water partition coefficient (Wildman–Crippen LogP) is 2.73. The Labute approximate surface area is 138 Å². The highest BCUT2D eigenvalue weighted by Crippen LogP contribution is 2.22. The molecular formula is C16H17ClFN3O2. The fourth-order valence-corrected chi connectivity index (χ4v) is 2.92. The molecule has 0 saturated carbocycles. The number of aryl methyl sites for hydroxylation is 1. The molecule has 0 radical (unpaired) electrons. The number of aromatic nitrogens is 1. The number of rotatable bonds is 3. The van der Waals surface area contributed by atoms with Gasteiger partial charge in [-0.1, -0.05) is 22.8 Å². The summed E-state index contributed by atoms with van der Waals surface area (Å²) in [6, 6.07) is 4.28. The van der Waals surface area contributed by atoms with Crippen LogP contribution in [0.4, 0.5) is 4.39 Å². The summed E-state index contributed by atoms with van der Waals surface area (Å²) < 4.78 is 18.9. The van der Waals surface area contributed by atoms with Gasteiger partial charge in [0.25, 0.3) is 5.91 Å². The van der Waals surface area contributed by atoms with Crippen molar-refractivity contribution in [3.8, 4) is 0 Å². The van der Waals surface area contributed by atoms with Gasteiger partial charge in [-0.25, -0.2) is 4.39 Å². The van der Waals surface area contributed by atoms with Gasteiger partial charge in [-0.05, 0) is 19.1 Å². The van der Waals surface area contributed by atoms with E-state index in [2.05, 4.69) is 10.1 Å². The SMILES string of the molecule is Cc1oncc1CN1CCN(C(=O)c2c(F)cccc2Cl)CC1. The van der Waals surface area contributed by atoms with Crippen LogP contribution in [0.2, 0.25) is 5.02 Å². The zero-order valence-corrected chi connectivity index (χ0v) is 13.5. The van der Waals surface area contributed by atoms with E-state index in [0.29, 0.717) is 26.2 Å². The number of hydrogen-bond acceptors (Lipinski definition) is 4. The Morgan fingerprint density at radius 3 is 2.70 bits per heavy atom. The topological polar surface area (TPSA) is 49.6 Å². The van der Waals surface area contributed by atoms with E-state index in [4.69, 9.17) is 16.1 Å². The quantitative estimate of drug-likeness (QED) is 0.864. The number of carbonyl (C=O) groups is 1. The van der Waals surface area contributed by atoms with E-state index in [1.165, 1.54) is 18.2 Å². The van der Waals surface area contributed by atoms with Crippen molar-refractivity contribution in [1.29, 1.82) is 0 Å². The molecule has 7 heteroatoms. The largest absolute Gasteiger partial charge is 0.361 e. The lowest BCUT2D eigenvalue weighted by atomic mass is 10.1.